The Bertz CT molecular complexity index is 576. The highest BCUT2D eigenvalue weighted by Gasteiger charge is 2.15. The van der Waals surface area contributed by atoms with Crippen molar-refractivity contribution in [1.29, 1.82) is 5.26 Å². The van der Waals surface area contributed by atoms with Gasteiger partial charge < -0.3 is 10.3 Å². The maximum atomic E-state index is 9.04. The van der Waals surface area contributed by atoms with E-state index in [0.717, 1.165) is 17.0 Å². The van der Waals surface area contributed by atoms with Gasteiger partial charge in [-0.15, -0.1) is 0 Å². The first-order valence-electron chi connectivity index (χ1n) is 5.40. The molecule has 0 spiro atoms. The molecule has 4 heteroatoms. The van der Waals surface area contributed by atoms with Crippen molar-refractivity contribution >= 4 is 5.82 Å². The molecule has 17 heavy (non-hydrogen) atoms. The molecule has 0 aromatic carbocycles. The summed E-state index contributed by atoms with van der Waals surface area (Å²) in [4.78, 5) is 4.26. The van der Waals surface area contributed by atoms with Crippen LogP contribution in [0.4, 0.5) is 5.82 Å². The third kappa shape index (κ3) is 1.87. The predicted molar refractivity (Wildman–Crippen MR) is 66.4 cm³/mol. The molecular formula is C13H14N4. The van der Waals surface area contributed by atoms with Gasteiger partial charge in [-0.25, -0.2) is 0 Å². The quantitative estimate of drug-likeness (QED) is 0.851. The molecule has 0 saturated heterocycles. The topological polar surface area (TPSA) is 67.6 Å². The second-order valence-corrected chi connectivity index (χ2v) is 3.99. The molecule has 0 amide bonds. The second-order valence-electron chi connectivity index (χ2n) is 3.99. The minimum Gasteiger partial charge on any atom is -0.384 e. The number of rotatable bonds is 2. The number of hydrogen-bond acceptors (Lipinski definition) is 3. The summed E-state index contributed by atoms with van der Waals surface area (Å²) in [5.41, 5.74) is 9.44. The van der Waals surface area contributed by atoms with Gasteiger partial charge in [-0.3, -0.25) is 4.98 Å². The highest BCUT2D eigenvalue weighted by Crippen LogP contribution is 2.23. The van der Waals surface area contributed by atoms with Crippen molar-refractivity contribution in [2.45, 2.75) is 20.4 Å². The zero-order valence-electron chi connectivity index (χ0n) is 9.94. The average Bonchev–Trinajstić information content (AvgIpc) is 2.55. The SMILES string of the molecule is Cc1c(C#N)c(N)n(Cc2ccccn2)c1C. The zero-order valence-corrected chi connectivity index (χ0v) is 9.94. The molecule has 0 aliphatic heterocycles. The Balaban J connectivity index is 2.45. The summed E-state index contributed by atoms with van der Waals surface area (Å²) in [7, 11) is 0. The Kier molecular flexibility index (Phi) is 2.84. The van der Waals surface area contributed by atoms with E-state index in [1.807, 2.05) is 36.6 Å². The molecule has 0 aliphatic rings. The number of nitriles is 1. The van der Waals surface area contributed by atoms with Crippen LogP contribution in [0.25, 0.3) is 0 Å². The van der Waals surface area contributed by atoms with Gasteiger partial charge in [-0.05, 0) is 31.5 Å². The molecule has 2 N–H and O–H groups in total. The minimum atomic E-state index is 0.521. The van der Waals surface area contributed by atoms with Crippen molar-refractivity contribution in [3.8, 4) is 6.07 Å². The van der Waals surface area contributed by atoms with Gasteiger partial charge in [0.15, 0.2) is 0 Å². The van der Waals surface area contributed by atoms with Crippen LogP contribution in [0.2, 0.25) is 0 Å². The van der Waals surface area contributed by atoms with E-state index in [4.69, 9.17) is 11.0 Å². The van der Waals surface area contributed by atoms with Gasteiger partial charge in [0.25, 0.3) is 0 Å². The number of nitrogen functional groups attached to an aromatic ring is 1. The van der Waals surface area contributed by atoms with E-state index < -0.39 is 0 Å². The molecule has 2 aromatic rings. The van der Waals surface area contributed by atoms with Crippen LogP contribution in [0.1, 0.15) is 22.5 Å². The van der Waals surface area contributed by atoms with Crippen LogP contribution in [-0.2, 0) is 6.54 Å². The molecule has 0 saturated carbocycles. The van der Waals surface area contributed by atoms with Crippen molar-refractivity contribution in [1.82, 2.24) is 9.55 Å². The summed E-state index contributed by atoms with van der Waals surface area (Å²) in [6.07, 6.45) is 1.75. The van der Waals surface area contributed by atoms with Crippen LogP contribution >= 0.6 is 0 Å². The number of pyridine rings is 1. The van der Waals surface area contributed by atoms with Crippen molar-refractivity contribution in [3.05, 3.63) is 46.9 Å². The first-order valence-corrected chi connectivity index (χ1v) is 5.40. The smallest absolute Gasteiger partial charge is 0.122 e. The van der Waals surface area contributed by atoms with Gasteiger partial charge in [0.1, 0.15) is 11.9 Å². The average molecular weight is 226 g/mol. The van der Waals surface area contributed by atoms with Gasteiger partial charge in [0, 0.05) is 11.9 Å². The molecule has 2 rings (SSSR count). The molecule has 2 aromatic heterocycles. The summed E-state index contributed by atoms with van der Waals surface area (Å²) in [5.74, 6) is 0.521. The predicted octanol–water partition coefficient (Wildman–Crippen LogP) is 2.00. The molecule has 0 unspecified atom stereocenters. The lowest BCUT2D eigenvalue weighted by Gasteiger charge is -2.08. The van der Waals surface area contributed by atoms with Crippen LogP contribution in [0, 0.1) is 25.2 Å². The lowest BCUT2D eigenvalue weighted by molar-refractivity contribution is 0.762. The molecule has 0 bridgehead atoms. The lowest BCUT2D eigenvalue weighted by atomic mass is 10.2. The monoisotopic (exact) mass is 226 g/mol. The van der Waals surface area contributed by atoms with Gasteiger partial charge in [0.05, 0.1) is 17.8 Å². The fourth-order valence-corrected chi connectivity index (χ4v) is 1.89. The van der Waals surface area contributed by atoms with E-state index in [0.29, 0.717) is 17.9 Å². The number of anilines is 1. The van der Waals surface area contributed by atoms with Crippen LogP contribution in [0.15, 0.2) is 24.4 Å². The summed E-state index contributed by atoms with van der Waals surface area (Å²) in [6.45, 7) is 4.48. The molecule has 0 radical (unpaired) electrons. The normalized spacial score (nSPS) is 10.2. The van der Waals surface area contributed by atoms with E-state index >= 15 is 0 Å². The molecule has 0 aliphatic carbocycles. The molecule has 4 nitrogen and oxygen atoms in total. The van der Waals surface area contributed by atoms with E-state index in [-0.39, 0.29) is 0 Å². The number of nitrogens with two attached hydrogens (primary N) is 1. The third-order valence-electron chi connectivity index (χ3n) is 3.03. The first-order chi connectivity index (χ1) is 8.15. The van der Waals surface area contributed by atoms with Crippen LogP contribution in [0.3, 0.4) is 0 Å². The highest BCUT2D eigenvalue weighted by atomic mass is 15.1. The summed E-state index contributed by atoms with van der Waals surface area (Å²) in [5, 5.41) is 9.04. The van der Waals surface area contributed by atoms with Crippen molar-refractivity contribution in [3.63, 3.8) is 0 Å². The highest BCUT2D eigenvalue weighted by molar-refractivity contribution is 5.58. The van der Waals surface area contributed by atoms with E-state index in [1.165, 1.54) is 0 Å². The Hall–Kier alpha value is -2.28. The minimum absolute atomic E-state index is 0.521. The summed E-state index contributed by atoms with van der Waals surface area (Å²) < 4.78 is 1.93. The van der Waals surface area contributed by atoms with E-state index in [1.54, 1.807) is 6.20 Å². The lowest BCUT2D eigenvalue weighted by Crippen LogP contribution is -2.07. The Morgan fingerprint density at radius 3 is 2.71 bits per heavy atom. The maximum absolute atomic E-state index is 9.04. The van der Waals surface area contributed by atoms with Gasteiger partial charge >= 0.3 is 0 Å². The molecule has 0 atom stereocenters. The van der Waals surface area contributed by atoms with Crippen molar-refractivity contribution < 1.29 is 0 Å². The Labute approximate surface area is 100 Å². The largest absolute Gasteiger partial charge is 0.384 e. The van der Waals surface area contributed by atoms with Gasteiger partial charge in [-0.1, -0.05) is 6.07 Å². The fourth-order valence-electron chi connectivity index (χ4n) is 1.89. The van der Waals surface area contributed by atoms with Crippen LogP contribution in [0.5, 0.6) is 0 Å². The number of nitrogens with zero attached hydrogens (tertiary/aromatic N) is 3. The fraction of sp³-hybridized carbons (Fsp3) is 0.231. The summed E-state index contributed by atoms with van der Waals surface area (Å²) in [6, 6.07) is 7.91. The zero-order chi connectivity index (χ0) is 12.4. The molecule has 2 heterocycles. The van der Waals surface area contributed by atoms with Gasteiger partial charge in [-0.2, -0.15) is 5.26 Å². The summed E-state index contributed by atoms with van der Waals surface area (Å²) >= 11 is 0. The molecular weight excluding hydrogens is 212 g/mol. The molecule has 86 valence electrons. The van der Waals surface area contributed by atoms with Crippen LogP contribution in [-0.4, -0.2) is 9.55 Å². The Morgan fingerprint density at radius 1 is 1.41 bits per heavy atom. The van der Waals surface area contributed by atoms with E-state index in [2.05, 4.69) is 11.1 Å². The second kappa shape index (κ2) is 4.30. The van der Waals surface area contributed by atoms with E-state index in [9.17, 15) is 0 Å². The number of hydrogen-bond donors (Lipinski definition) is 1. The van der Waals surface area contributed by atoms with Crippen LogP contribution < -0.4 is 5.73 Å². The van der Waals surface area contributed by atoms with Crippen molar-refractivity contribution in [2.75, 3.05) is 5.73 Å². The van der Waals surface area contributed by atoms with Crippen molar-refractivity contribution in [2.24, 2.45) is 0 Å². The number of aromatic nitrogens is 2. The third-order valence-corrected chi connectivity index (χ3v) is 3.03. The first kappa shape index (κ1) is 11.2. The maximum Gasteiger partial charge on any atom is 0.122 e. The molecule has 0 fully saturated rings. The van der Waals surface area contributed by atoms with Gasteiger partial charge in [0.2, 0.25) is 0 Å². The Morgan fingerprint density at radius 2 is 2.18 bits per heavy atom. The standard InChI is InChI=1S/C13H14N4/c1-9-10(2)17(13(15)12(9)7-14)8-11-5-3-4-6-16-11/h3-6H,8,15H2,1-2H3.